The number of sulfone groups is 1. The molecule has 110 valence electrons. The van der Waals surface area contributed by atoms with Crippen LogP contribution in [-0.4, -0.2) is 44.8 Å². The number of hydrogen-bond donors (Lipinski definition) is 2. The highest BCUT2D eigenvalue weighted by molar-refractivity contribution is 7.90. The molecule has 1 amide bonds. The second-order valence-corrected chi connectivity index (χ2v) is 6.38. The lowest BCUT2D eigenvalue weighted by Gasteiger charge is -2.07. The molecule has 0 aromatic heterocycles. The van der Waals surface area contributed by atoms with Crippen molar-refractivity contribution in [2.24, 2.45) is 0 Å². The minimum absolute atomic E-state index is 0.0546. The first-order valence-electron chi connectivity index (χ1n) is 5.66. The summed E-state index contributed by atoms with van der Waals surface area (Å²) in [5.41, 5.74) is 0.0544. The van der Waals surface area contributed by atoms with Gasteiger partial charge in [-0.15, -0.1) is 0 Å². The van der Waals surface area contributed by atoms with Crippen molar-refractivity contribution in [1.29, 1.82) is 0 Å². The minimum atomic E-state index is -3.15. The molecule has 0 spiro atoms. The summed E-state index contributed by atoms with van der Waals surface area (Å²) < 4.78 is 22.0. The maximum atomic E-state index is 11.4. The van der Waals surface area contributed by atoms with Crippen LogP contribution in [0.1, 0.15) is 10.4 Å². The van der Waals surface area contributed by atoms with Crippen LogP contribution in [0.15, 0.2) is 18.2 Å². The van der Waals surface area contributed by atoms with Gasteiger partial charge in [0.1, 0.15) is 15.5 Å². The zero-order chi connectivity index (χ0) is 15.3. The smallest absolute Gasteiger partial charge is 0.293 e. The number of carbonyl (C=O) groups excluding carboxylic acids is 1. The van der Waals surface area contributed by atoms with Crippen LogP contribution in [0.2, 0.25) is 0 Å². The first-order valence-corrected chi connectivity index (χ1v) is 7.73. The molecule has 0 aliphatic heterocycles. The monoisotopic (exact) mass is 301 g/mol. The van der Waals surface area contributed by atoms with Crippen LogP contribution in [0.5, 0.6) is 0 Å². The molecule has 8 nitrogen and oxygen atoms in total. The molecular formula is C11H15N3O5S. The Labute approximate surface area is 116 Å². The Morgan fingerprint density at radius 2 is 2.05 bits per heavy atom. The van der Waals surface area contributed by atoms with Crippen molar-refractivity contribution in [3.63, 3.8) is 0 Å². The molecule has 0 heterocycles. The molecule has 0 aliphatic carbocycles. The lowest BCUT2D eigenvalue weighted by atomic mass is 10.1. The van der Waals surface area contributed by atoms with E-state index in [0.29, 0.717) is 0 Å². The van der Waals surface area contributed by atoms with Crippen molar-refractivity contribution < 1.29 is 18.1 Å². The molecule has 0 unspecified atom stereocenters. The highest BCUT2D eigenvalue weighted by Crippen LogP contribution is 2.25. The lowest BCUT2D eigenvalue weighted by Crippen LogP contribution is -2.18. The fraction of sp³-hybridized carbons (Fsp3) is 0.364. The summed E-state index contributed by atoms with van der Waals surface area (Å²) in [5.74, 6) is -0.572. The van der Waals surface area contributed by atoms with Gasteiger partial charge in [0.15, 0.2) is 0 Å². The van der Waals surface area contributed by atoms with E-state index >= 15 is 0 Å². The Morgan fingerprint density at radius 1 is 1.40 bits per heavy atom. The third kappa shape index (κ3) is 4.50. The van der Waals surface area contributed by atoms with E-state index in [0.717, 1.165) is 12.3 Å². The van der Waals surface area contributed by atoms with Crippen LogP contribution in [0.3, 0.4) is 0 Å². The van der Waals surface area contributed by atoms with E-state index in [1.165, 1.54) is 19.2 Å². The number of benzene rings is 1. The fourth-order valence-electron chi connectivity index (χ4n) is 1.49. The van der Waals surface area contributed by atoms with Crippen molar-refractivity contribution in [3.05, 3.63) is 33.9 Å². The standard InChI is InChI=1S/C11H15N3O5S/c1-12-11(15)8-3-4-9(10(7-8)14(16)17)13-5-6-20(2,18)19/h3-4,7,13H,5-6H2,1-2H3,(H,12,15). The van der Waals surface area contributed by atoms with E-state index in [4.69, 9.17) is 0 Å². The minimum Gasteiger partial charge on any atom is -0.378 e. The molecule has 1 aromatic rings. The molecule has 2 N–H and O–H groups in total. The van der Waals surface area contributed by atoms with Crippen LogP contribution in [-0.2, 0) is 9.84 Å². The number of nitro groups is 1. The van der Waals surface area contributed by atoms with Gasteiger partial charge in [-0.25, -0.2) is 8.42 Å². The van der Waals surface area contributed by atoms with Crippen LogP contribution in [0.25, 0.3) is 0 Å². The lowest BCUT2D eigenvalue weighted by molar-refractivity contribution is -0.384. The summed E-state index contributed by atoms with van der Waals surface area (Å²) in [5, 5.41) is 16.0. The molecule has 0 aliphatic rings. The molecule has 9 heteroatoms. The number of nitrogens with one attached hydrogen (secondary N) is 2. The molecule has 0 atom stereocenters. The van der Waals surface area contributed by atoms with Crippen molar-refractivity contribution >= 4 is 27.1 Å². The number of amides is 1. The molecule has 0 saturated carbocycles. The summed E-state index contributed by atoms with van der Waals surface area (Å²) in [4.78, 5) is 21.7. The van der Waals surface area contributed by atoms with Gasteiger partial charge in [0, 0.05) is 31.5 Å². The van der Waals surface area contributed by atoms with Crippen LogP contribution in [0, 0.1) is 10.1 Å². The van der Waals surface area contributed by atoms with Gasteiger partial charge in [0.05, 0.1) is 10.7 Å². The third-order valence-corrected chi connectivity index (χ3v) is 3.42. The second kappa shape index (κ2) is 6.33. The van der Waals surface area contributed by atoms with Crippen molar-refractivity contribution in [2.75, 3.05) is 30.9 Å². The number of nitrogens with zero attached hydrogens (tertiary/aromatic N) is 1. The van der Waals surface area contributed by atoms with Crippen LogP contribution in [0.4, 0.5) is 11.4 Å². The van der Waals surface area contributed by atoms with E-state index in [-0.39, 0.29) is 29.2 Å². The Kier molecular flexibility index (Phi) is 5.03. The number of nitro benzene ring substituents is 1. The summed E-state index contributed by atoms with van der Waals surface area (Å²) >= 11 is 0. The van der Waals surface area contributed by atoms with Gasteiger partial charge in [-0.3, -0.25) is 14.9 Å². The van der Waals surface area contributed by atoms with E-state index < -0.39 is 20.7 Å². The van der Waals surface area contributed by atoms with Crippen LogP contribution < -0.4 is 10.6 Å². The molecule has 1 rings (SSSR count). The Morgan fingerprint density at radius 3 is 2.55 bits per heavy atom. The third-order valence-electron chi connectivity index (χ3n) is 2.47. The zero-order valence-electron chi connectivity index (χ0n) is 11.0. The van der Waals surface area contributed by atoms with Crippen molar-refractivity contribution in [2.45, 2.75) is 0 Å². The number of rotatable bonds is 6. The maximum absolute atomic E-state index is 11.4. The maximum Gasteiger partial charge on any atom is 0.293 e. The normalized spacial score (nSPS) is 10.9. The number of anilines is 1. The number of hydrogen-bond acceptors (Lipinski definition) is 6. The Hall–Kier alpha value is -2.16. The van der Waals surface area contributed by atoms with Crippen LogP contribution >= 0.6 is 0 Å². The topological polar surface area (TPSA) is 118 Å². The molecule has 0 fully saturated rings. The quantitative estimate of drug-likeness (QED) is 0.580. The van der Waals surface area contributed by atoms with Gasteiger partial charge >= 0.3 is 0 Å². The molecule has 0 radical (unpaired) electrons. The molecule has 0 saturated heterocycles. The molecule has 0 bridgehead atoms. The predicted octanol–water partition coefficient (Wildman–Crippen LogP) is 0.411. The van der Waals surface area contributed by atoms with Gasteiger partial charge in [-0.1, -0.05) is 0 Å². The first kappa shape index (κ1) is 15.9. The first-order chi connectivity index (χ1) is 9.24. The van der Waals surface area contributed by atoms with E-state index in [1.807, 2.05) is 0 Å². The van der Waals surface area contributed by atoms with Gasteiger partial charge < -0.3 is 10.6 Å². The fourth-order valence-corrected chi connectivity index (χ4v) is 1.96. The van der Waals surface area contributed by atoms with Gasteiger partial charge in [0.2, 0.25) is 0 Å². The van der Waals surface area contributed by atoms with Gasteiger partial charge in [0.25, 0.3) is 11.6 Å². The van der Waals surface area contributed by atoms with Crippen molar-refractivity contribution in [1.82, 2.24) is 5.32 Å². The Balaban J connectivity index is 2.96. The molecular weight excluding hydrogens is 286 g/mol. The number of carbonyl (C=O) groups is 1. The second-order valence-electron chi connectivity index (χ2n) is 4.12. The van der Waals surface area contributed by atoms with Gasteiger partial charge in [-0.05, 0) is 12.1 Å². The average Bonchev–Trinajstić information content (AvgIpc) is 2.36. The van der Waals surface area contributed by atoms with E-state index in [1.54, 1.807) is 0 Å². The molecule has 1 aromatic carbocycles. The zero-order valence-corrected chi connectivity index (χ0v) is 11.9. The Bertz CT molecular complexity index is 627. The summed E-state index contributed by atoms with van der Waals surface area (Å²) in [7, 11) is -1.73. The van der Waals surface area contributed by atoms with Gasteiger partial charge in [-0.2, -0.15) is 0 Å². The molecule has 20 heavy (non-hydrogen) atoms. The summed E-state index contributed by atoms with van der Waals surface area (Å²) in [6.45, 7) is 0.0546. The van der Waals surface area contributed by atoms with Crippen molar-refractivity contribution in [3.8, 4) is 0 Å². The summed E-state index contributed by atoms with van der Waals surface area (Å²) in [6, 6.07) is 3.95. The summed E-state index contributed by atoms with van der Waals surface area (Å²) in [6.07, 6.45) is 1.08. The average molecular weight is 301 g/mol. The van der Waals surface area contributed by atoms with E-state index in [9.17, 15) is 23.3 Å². The largest absolute Gasteiger partial charge is 0.378 e. The SMILES string of the molecule is CNC(=O)c1ccc(NCCS(C)(=O)=O)c([N+](=O)[O-])c1. The van der Waals surface area contributed by atoms with E-state index in [2.05, 4.69) is 10.6 Å². The highest BCUT2D eigenvalue weighted by atomic mass is 32.2. The highest BCUT2D eigenvalue weighted by Gasteiger charge is 2.17. The predicted molar refractivity (Wildman–Crippen MR) is 74.7 cm³/mol.